The van der Waals surface area contributed by atoms with Gasteiger partial charge in [-0.05, 0) is 14.0 Å². The van der Waals surface area contributed by atoms with Crippen molar-refractivity contribution >= 4 is 47.0 Å². The number of aliphatic hydroxyl groups is 19. The number of ketones is 2. The Hall–Kier alpha value is -2.46. The lowest BCUT2D eigenvalue weighted by Gasteiger charge is -2.50. The first kappa shape index (κ1) is 86.1. The van der Waals surface area contributed by atoms with Gasteiger partial charge in [-0.3, -0.25) is 19.2 Å². The molecule has 21 saturated heterocycles. The maximum atomic E-state index is 13.0. The molecule has 21 fully saturated rings. The summed E-state index contributed by atoms with van der Waals surface area (Å²) in [5.74, 6) is -6.08. The first-order valence-electron chi connectivity index (χ1n) is 33.2. The minimum Gasteiger partial charge on any atom is -0.481 e. The van der Waals surface area contributed by atoms with E-state index in [0.717, 1.165) is 23.5 Å². The molecule has 15 unspecified atom stereocenters. The Labute approximate surface area is 595 Å². The predicted molar refractivity (Wildman–Crippen MR) is 332 cm³/mol. The molecule has 0 saturated carbocycles. The molecule has 0 aromatic carbocycles. The summed E-state index contributed by atoms with van der Waals surface area (Å²) in [5.41, 5.74) is 0. The van der Waals surface area contributed by atoms with E-state index < -0.39 is 290 Å². The second-order valence-corrected chi connectivity index (χ2v) is 27.9. The van der Waals surface area contributed by atoms with Gasteiger partial charge < -0.3 is 188 Å². The van der Waals surface area contributed by atoms with E-state index >= 15 is 0 Å². The first-order chi connectivity index (χ1) is 49.0. The van der Waals surface area contributed by atoms with Crippen molar-refractivity contribution in [2.45, 2.75) is 247 Å². The molecule has 37 atom stereocenters. The highest BCUT2D eigenvalue weighted by atomic mass is 32.2. The maximum Gasteiger partial charge on any atom is 0.321 e. The van der Waals surface area contributed by atoms with Crippen molar-refractivity contribution in [2.24, 2.45) is 5.92 Å². The third-order valence-electron chi connectivity index (χ3n) is 18.6. The summed E-state index contributed by atoms with van der Waals surface area (Å²) in [6.07, 6.45) is -73.1. The third kappa shape index (κ3) is 21.0. The first-order valence-corrected chi connectivity index (χ1v) is 35.5. The molecule has 21 aliphatic heterocycles. The number of nitrogens with one attached hydrogen (secondary N) is 1. The number of likely N-dealkylation sites (N-methyl/N-ethyl adjacent to an activating group) is 1. The molecule has 103 heavy (non-hydrogen) atoms. The minimum atomic E-state index is -2.31. The van der Waals surface area contributed by atoms with Crippen LogP contribution in [0.25, 0.3) is 0 Å². The van der Waals surface area contributed by atoms with Crippen LogP contribution >= 0.6 is 23.5 Å². The molecular formula is C59H97NO41S2. The quantitative estimate of drug-likeness (QED) is 0.0340. The van der Waals surface area contributed by atoms with Crippen LogP contribution in [0.5, 0.6) is 0 Å². The monoisotopic (exact) mass is 1540 g/mol. The molecule has 0 amide bonds. The van der Waals surface area contributed by atoms with Gasteiger partial charge in [0.2, 0.25) is 0 Å². The second kappa shape index (κ2) is 40.0. The normalized spacial score (nSPS) is 44.9. The summed E-state index contributed by atoms with van der Waals surface area (Å²) in [6, 6.07) is -1.18. The number of carboxylic acid groups (broad SMARTS) is 2. The van der Waals surface area contributed by atoms with Gasteiger partial charge in [0.15, 0.2) is 44.0 Å². The number of thioether (sulfide) groups is 2. The van der Waals surface area contributed by atoms with Crippen molar-refractivity contribution in [3.05, 3.63) is 0 Å². The Morgan fingerprint density at radius 1 is 0.350 bits per heavy atom. The van der Waals surface area contributed by atoms with Gasteiger partial charge in [-0.15, -0.1) is 0 Å². The lowest BCUT2D eigenvalue weighted by atomic mass is 9.95. The van der Waals surface area contributed by atoms with Crippen LogP contribution in [-0.2, 0) is 95.0 Å². The van der Waals surface area contributed by atoms with Crippen LogP contribution in [0.15, 0.2) is 0 Å². The molecule has 44 heteroatoms. The van der Waals surface area contributed by atoms with Gasteiger partial charge >= 0.3 is 11.9 Å². The number of ether oxygens (including phenoxy) is 16. The van der Waals surface area contributed by atoms with E-state index in [0.29, 0.717) is 0 Å². The molecule has 42 nitrogen and oxygen atoms in total. The van der Waals surface area contributed by atoms with Crippen molar-refractivity contribution in [3.8, 4) is 0 Å². The predicted octanol–water partition coefficient (Wildman–Crippen LogP) is -13.0. The van der Waals surface area contributed by atoms with Crippen LogP contribution in [0.3, 0.4) is 0 Å². The van der Waals surface area contributed by atoms with Crippen molar-refractivity contribution in [2.75, 3.05) is 89.5 Å². The summed E-state index contributed by atoms with van der Waals surface area (Å²) >= 11 is 1.66. The third-order valence-corrected chi connectivity index (χ3v) is 20.9. The highest BCUT2D eigenvalue weighted by molar-refractivity contribution is 7.99. The highest BCUT2D eigenvalue weighted by Gasteiger charge is 2.60. The van der Waals surface area contributed by atoms with Crippen molar-refractivity contribution in [1.29, 1.82) is 0 Å². The van der Waals surface area contributed by atoms with Gasteiger partial charge in [0.25, 0.3) is 0 Å². The van der Waals surface area contributed by atoms with E-state index in [9.17, 15) is 126 Å². The molecule has 0 aromatic rings. The molecular weight excluding hydrogens is 1440 g/mol. The van der Waals surface area contributed by atoms with Gasteiger partial charge in [-0.1, -0.05) is 0 Å². The Morgan fingerprint density at radius 2 is 0.602 bits per heavy atom. The summed E-state index contributed by atoms with van der Waals surface area (Å²) in [5, 5.41) is 239. The number of hydrogen-bond donors (Lipinski definition) is 22. The van der Waals surface area contributed by atoms with Crippen LogP contribution in [0.4, 0.5) is 0 Å². The molecule has 0 aliphatic carbocycles. The fourth-order valence-electron chi connectivity index (χ4n) is 12.6. The lowest BCUT2D eigenvalue weighted by molar-refractivity contribution is -0.395. The van der Waals surface area contributed by atoms with Crippen LogP contribution in [-0.4, -0.2) is 441 Å². The average Bonchev–Trinajstić information content (AvgIpc) is 0.785. The topological polar surface area (TPSA) is 653 Å². The summed E-state index contributed by atoms with van der Waals surface area (Å²) in [6.45, 7) is -3.91. The fraction of sp³-hybridized carbons (Fsp3) is 0.932. The largest absolute Gasteiger partial charge is 0.481 e. The van der Waals surface area contributed by atoms with Gasteiger partial charge in [0, 0.05) is 42.3 Å². The standard InChI is InChI=1S/C59H97NO41S2/c1-19(66)3-5-86-7-8-87-6-4-21(67)9-20(51(82)83)15-102-17-28-49-35(73)42(80)58(93-28)98-47-26(13-64)89-55(38(76)31(47)69)97-46-25(12-63)92-57(41(79)34(46)72)101-50-29(18-103-16-22(60-2)52(84)85)94-59(43(81)36(50)74)99-48-27(14-65)90-54(39(77)32(48)70)95-44-23(10-61)88-53(37(75)30(44)68)96-45-24(11-62)91-56(100-49)40(78)33(45)71/h20,22-50,53-65,68-81H,3-18H2,1-2H3,(H,82,83)(H,84,85)/t20?,22-,23?,24?,25?,26?,27?,28?,29?,30-,31-,32-,33-,34-,35-,36-,37?,38?,39?,40?,41?,42?,43?,44-,45-,46-,47-,48-,49-,50-,53-,54-,55+,56-,57+,58-,59+/m1/s1. The SMILES string of the molecule is CN[C@H](CSCC1O[C@H]2O[C@@H]3C(CO)O[C@H](O[C@@H]4C(CO)O[C@H](O[C@@H]5C(CO)O[C@H](O[C@@H]6C(CSCC(CC(=O)CCOCCOCCC(C)=O)C(=O)O)O[C@H](O[C@@H]7C(CO)O[C@@H](O[C@@H]8C(CO)O[C@@H](O[C@H]1[C@H](O)C2O)C(O)[C@H]8O)C(O)[C@H]7O)C(O)[C@H]6O)C(O)[C@H]5O)C(O)[C@H]4O)C(O)[C@H]3O)C(=O)O. The number of aliphatic carboxylic acids is 2. The number of rotatable bonds is 27. The van der Waals surface area contributed by atoms with Crippen molar-refractivity contribution < 1.29 is 202 Å². The smallest absolute Gasteiger partial charge is 0.321 e. The van der Waals surface area contributed by atoms with E-state index in [-0.39, 0.29) is 62.3 Å². The zero-order valence-electron chi connectivity index (χ0n) is 55.5. The van der Waals surface area contributed by atoms with Crippen LogP contribution < -0.4 is 5.32 Å². The molecule has 0 aromatic heterocycles. The minimum absolute atomic E-state index is 0.0645. The number of carbonyl (C=O) groups excluding carboxylic acids is 2. The number of hydrogen-bond acceptors (Lipinski definition) is 42. The number of carbonyl (C=O) groups is 4. The molecule has 0 radical (unpaired) electrons. The summed E-state index contributed by atoms with van der Waals surface area (Å²) < 4.78 is 93.3. The Bertz CT molecular complexity index is 2610. The lowest BCUT2D eigenvalue weighted by Crippen LogP contribution is -2.68. The molecule has 21 aliphatic rings. The zero-order chi connectivity index (χ0) is 75.4. The number of Topliss-reactive ketones (excluding diaryl/α,β-unsaturated/α-hetero) is 2. The van der Waals surface area contributed by atoms with E-state index in [4.69, 9.17) is 75.8 Å². The van der Waals surface area contributed by atoms with Gasteiger partial charge in [0.05, 0.1) is 77.6 Å². The maximum absolute atomic E-state index is 13.0. The Morgan fingerprint density at radius 3 is 0.845 bits per heavy atom. The summed E-state index contributed by atoms with van der Waals surface area (Å²) in [7, 11) is 1.35. The zero-order valence-corrected chi connectivity index (χ0v) is 57.2. The molecule has 596 valence electrons. The van der Waals surface area contributed by atoms with Crippen molar-refractivity contribution in [3.63, 3.8) is 0 Å². The van der Waals surface area contributed by atoms with Gasteiger partial charge in [0.1, 0.15) is 176 Å². The molecule has 14 bridgehead atoms. The summed E-state index contributed by atoms with van der Waals surface area (Å²) in [4.78, 5) is 48.7. The molecule has 0 spiro atoms. The van der Waals surface area contributed by atoms with E-state index in [1.165, 1.54) is 14.0 Å². The van der Waals surface area contributed by atoms with Crippen LogP contribution in [0.2, 0.25) is 0 Å². The van der Waals surface area contributed by atoms with Crippen LogP contribution in [0.1, 0.15) is 26.2 Å². The van der Waals surface area contributed by atoms with Crippen LogP contribution in [0, 0.1) is 5.92 Å². The molecule has 21 rings (SSSR count). The van der Waals surface area contributed by atoms with E-state index in [1.807, 2.05) is 0 Å². The fourth-order valence-corrected chi connectivity index (χ4v) is 15.0. The van der Waals surface area contributed by atoms with E-state index in [2.05, 4.69) is 5.32 Å². The van der Waals surface area contributed by atoms with Gasteiger partial charge in [-0.25, -0.2) is 0 Å². The average molecular weight is 1540 g/mol. The Balaban J connectivity index is 1.08. The second-order valence-electron chi connectivity index (χ2n) is 25.7. The molecule has 22 N–H and O–H groups in total. The van der Waals surface area contributed by atoms with E-state index in [1.54, 1.807) is 0 Å². The Kier molecular flexibility index (Phi) is 33.4. The number of aliphatic hydroxyl groups excluding tert-OH is 19. The number of carboxylic acids is 2. The van der Waals surface area contributed by atoms with Crippen molar-refractivity contribution in [1.82, 2.24) is 5.32 Å². The highest BCUT2D eigenvalue weighted by Crippen LogP contribution is 2.40. The van der Waals surface area contributed by atoms with Gasteiger partial charge in [-0.2, -0.15) is 23.5 Å². The molecule has 21 heterocycles.